The maximum absolute atomic E-state index is 12.1. The van der Waals surface area contributed by atoms with E-state index in [-0.39, 0.29) is 25.0 Å². The Hall–Kier alpha value is -11.7. The first kappa shape index (κ1) is 83.4. The first-order valence-corrected chi connectivity index (χ1v) is 45.3. The van der Waals surface area contributed by atoms with Gasteiger partial charge in [0.15, 0.2) is 57.8 Å². The van der Waals surface area contributed by atoms with Crippen LogP contribution in [0.25, 0.3) is 89.7 Å². The zero-order valence-corrected chi connectivity index (χ0v) is 70.8. The quantitative estimate of drug-likeness (QED) is 0.0206. The lowest BCUT2D eigenvalue weighted by Gasteiger charge is -2.15. The molecular weight excluding hydrogens is 1520 g/mol. The number of unbranched alkanes of at least 4 members (excludes halogenated alkanes) is 12. The molecule has 0 radical (unpaired) electrons. The molecule has 13 aromatic rings. The van der Waals surface area contributed by atoms with Gasteiger partial charge in [-0.2, -0.15) is 0 Å². The number of fused-ring (bicyclic) bond motifs is 20. The van der Waals surface area contributed by atoms with Gasteiger partial charge in [0.1, 0.15) is 62.8 Å². The van der Waals surface area contributed by atoms with E-state index >= 15 is 0 Å². The van der Waals surface area contributed by atoms with E-state index in [0.717, 1.165) is 154 Å². The van der Waals surface area contributed by atoms with E-state index in [9.17, 15) is 14.4 Å². The Morgan fingerprint density at radius 3 is 0.750 bits per heavy atom. The molecule has 19 heteroatoms. The fraction of sp³-hybridized carbons (Fsp3) is 0.327. The Labute approximate surface area is 703 Å². The summed E-state index contributed by atoms with van der Waals surface area (Å²) in [6.07, 6.45) is 25.8. The van der Waals surface area contributed by atoms with E-state index in [4.69, 9.17) is 63.1 Å². The summed E-state index contributed by atoms with van der Waals surface area (Å²) in [7, 11) is -4.30. The molecule has 2 aliphatic heterocycles. The molecule has 0 saturated carbocycles. The van der Waals surface area contributed by atoms with Gasteiger partial charge in [0.05, 0.1) is 12.8 Å². The minimum absolute atomic E-state index is 0.0378. The normalized spacial score (nSPS) is 11.8. The lowest BCUT2D eigenvalue weighted by Crippen LogP contribution is -2.01. The fourth-order valence-corrected chi connectivity index (χ4v) is 15.9. The highest BCUT2D eigenvalue weighted by molar-refractivity contribution is 7.51. The van der Waals surface area contributed by atoms with Gasteiger partial charge in [0.25, 0.3) is 0 Å². The van der Waals surface area contributed by atoms with E-state index in [1.165, 1.54) is 33.4 Å². The number of aromatic nitrogens is 8. The zero-order chi connectivity index (χ0) is 82.7. The zero-order valence-electron chi connectivity index (χ0n) is 69.9. The third-order valence-corrected chi connectivity index (χ3v) is 23.1. The van der Waals surface area contributed by atoms with E-state index in [1.807, 2.05) is 121 Å². The maximum atomic E-state index is 12.1. The van der Waals surface area contributed by atoms with Crippen LogP contribution >= 0.6 is 7.60 Å². The van der Waals surface area contributed by atoms with Crippen LogP contribution in [0.15, 0.2) is 200 Å². The maximum Gasteiger partial charge on any atom is 0.325 e. The van der Waals surface area contributed by atoms with Crippen LogP contribution in [-0.2, 0) is 43.1 Å². The molecule has 18 nitrogen and oxygen atoms in total. The first-order chi connectivity index (χ1) is 58.7. The van der Waals surface area contributed by atoms with Gasteiger partial charge in [0.2, 0.25) is 0 Å². The Morgan fingerprint density at radius 2 is 0.500 bits per heavy atom. The van der Waals surface area contributed by atoms with E-state index in [1.54, 1.807) is 6.07 Å². The predicted octanol–water partition coefficient (Wildman–Crippen LogP) is 28.0. The van der Waals surface area contributed by atoms with Crippen molar-refractivity contribution in [2.45, 2.75) is 202 Å². The minimum Gasteiger partial charge on any atom is -0.494 e. The average molecular weight is 1630 g/mol. The van der Waals surface area contributed by atoms with Crippen molar-refractivity contribution >= 4 is 51.7 Å². The van der Waals surface area contributed by atoms with Crippen molar-refractivity contribution in [2.24, 2.45) is 0 Å². The number of rotatable bonds is 41. The summed E-state index contributed by atoms with van der Waals surface area (Å²) in [5.74, 6) is 7.82. The number of ether oxygens (including phenoxy) is 7. The molecule has 0 fully saturated rings. The van der Waals surface area contributed by atoms with Crippen LogP contribution < -0.4 is 33.2 Å². The summed E-state index contributed by atoms with van der Waals surface area (Å²) in [6, 6.07) is 66.8. The Balaban J connectivity index is 0.991. The van der Waals surface area contributed by atoms with Crippen LogP contribution in [0, 0.1) is 0 Å². The van der Waals surface area contributed by atoms with E-state index in [2.05, 4.69) is 124 Å². The molecule has 2 aliphatic rings. The number of aryl methyl sites for hydroxylation is 6. The van der Waals surface area contributed by atoms with Crippen LogP contribution in [-0.4, -0.2) is 62.4 Å². The molecule has 0 atom stereocenters. The highest BCUT2D eigenvalue weighted by atomic mass is 31.2. The first-order valence-electron chi connectivity index (χ1n) is 43.5. The number of hydrogen-bond acceptors (Lipinski definition) is 14. The Kier molecular flexibility index (Phi) is 27.7. The van der Waals surface area contributed by atoms with Gasteiger partial charge in [-0.25, -0.2) is 29.9 Å². The molecule has 0 saturated heterocycles. The van der Waals surface area contributed by atoms with Gasteiger partial charge in [-0.3, -0.25) is 4.57 Å². The highest BCUT2D eigenvalue weighted by Gasteiger charge is 2.29. The van der Waals surface area contributed by atoms with Crippen molar-refractivity contribution in [3.05, 3.63) is 234 Å². The second-order valence-electron chi connectivity index (χ2n) is 31.7. The monoisotopic (exact) mass is 1620 g/mol. The third-order valence-electron chi connectivity index (χ3n) is 22.2. The van der Waals surface area contributed by atoms with Crippen molar-refractivity contribution in [3.63, 3.8) is 0 Å². The smallest absolute Gasteiger partial charge is 0.325 e. The van der Waals surface area contributed by atoms with Crippen molar-refractivity contribution in [3.8, 4) is 120 Å². The summed E-state index contributed by atoms with van der Waals surface area (Å²) in [6.45, 7) is 13.3. The lowest BCUT2D eigenvalue weighted by molar-refractivity contribution is 0.309. The molecule has 15 rings (SSSR count). The molecule has 0 spiro atoms. The average Bonchev–Trinajstić information content (AvgIpc) is 1.59. The molecule has 120 heavy (non-hydrogen) atoms. The van der Waals surface area contributed by atoms with Crippen molar-refractivity contribution in [2.75, 3.05) is 12.8 Å². The van der Waals surface area contributed by atoms with Crippen LogP contribution in [0.5, 0.6) is 74.7 Å². The number of nitrogens with zero attached hydrogens (tertiary/aromatic N) is 6. The van der Waals surface area contributed by atoms with Gasteiger partial charge >= 0.3 is 7.60 Å². The summed E-state index contributed by atoms with van der Waals surface area (Å²) >= 11 is 0. The van der Waals surface area contributed by atoms with Gasteiger partial charge in [-0.15, -0.1) is 0 Å². The molecule has 5 heterocycles. The standard InChI is InChI=1S/C101H109N8O10P/c1-7-13-19-26-67-32-44-73(45-33-67)114-88-61-82-83(62-89(88)115-74-46-34-68(35-47-74)27-20-14-8-2)98-105-96(82)103-94-80-57-56-79(113-58-25-59-120(110,111)112)60-81(80)95(102-94)104-97-84-63-90(116-75-48-36-69(37-49-75)28-21-15-9-3)91(117-76-50-38-70(39-51-76)29-22-16-10-4)64-85(84)99(106-97)108-101-87-66-93(119-78-54-42-72(43-55-78)31-24-18-12-6)92(65-86(87)100(107-98)109-101)118-77-52-40-71(41-53-77)30-23-17-11-5/h32-57,60-66H,7-31,58-59H2,1-6H3,(H2,110,111,112)(H2,102,103,104,105,106,107,108,109). The summed E-state index contributed by atoms with van der Waals surface area (Å²) in [4.78, 5) is 60.3. The molecule has 3 aromatic heterocycles. The minimum atomic E-state index is -4.30. The summed E-state index contributed by atoms with van der Waals surface area (Å²) < 4.78 is 60.6. The van der Waals surface area contributed by atoms with Crippen molar-refractivity contribution in [1.82, 2.24) is 39.9 Å². The number of H-pyrrole nitrogens is 2. The van der Waals surface area contributed by atoms with Crippen LogP contribution in [0.2, 0.25) is 0 Å². The van der Waals surface area contributed by atoms with Crippen molar-refractivity contribution in [1.29, 1.82) is 0 Å². The van der Waals surface area contributed by atoms with Crippen LogP contribution in [0.1, 0.15) is 197 Å². The van der Waals surface area contributed by atoms with Gasteiger partial charge in [-0.05, 0) is 244 Å². The topological polar surface area (TPSA) is 231 Å². The second kappa shape index (κ2) is 39.9. The second-order valence-corrected chi connectivity index (χ2v) is 33.4. The Morgan fingerprint density at radius 1 is 0.267 bits per heavy atom. The van der Waals surface area contributed by atoms with Crippen LogP contribution in [0.4, 0.5) is 0 Å². The van der Waals surface area contributed by atoms with E-state index < -0.39 is 7.60 Å². The van der Waals surface area contributed by atoms with Gasteiger partial charge in [0, 0.05) is 43.8 Å². The fourth-order valence-electron chi connectivity index (χ4n) is 15.4. The number of benzene rings is 10. The van der Waals surface area contributed by atoms with Crippen LogP contribution in [0.3, 0.4) is 0 Å². The number of nitrogens with one attached hydrogen (secondary N) is 2. The molecule has 8 bridgehead atoms. The summed E-state index contributed by atoms with van der Waals surface area (Å²) in [5, 5.41) is 2.46. The number of hydrogen-bond donors (Lipinski definition) is 4. The Bertz CT molecular complexity index is 5890. The molecule has 0 amide bonds. The summed E-state index contributed by atoms with van der Waals surface area (Å²) in [5.41, 5.74) is 11.2. The third kappa shape index (κ3) is 21.3. The van der Waals surface area contributed by atoms with E-state index in [0.29, 0.717) is 159 Å². The molecule has 0 aliphatic carbocycles. The molecule has 618 valence electrons. The largest absolute Gasteiger partial charge is 0.494 e. The van der Waals surface area contributed by atoms with Crippen molar-refractivity contribution < 1.29 is 47.5 Å². The van der Waals surface area contributed by atoms with Gasteiger partial charge in [-0.1, -0.05) is 191 Å². The van der Waals surface area contributed by atoms with Gasteiger partial charge < -0.3 is 52.9 Å². The molecule has 10 aromatic carbocycles. The molecule has 0 unspecified atom stereocenters. The lowest BCUT2D eigenvalue weighted by atomic mass is 10.1. The highest BCUT2D eigenvalue weighted by Crippen LogP contribution is 2.49. The predicted molar refractivity (Wildman–Crippen MR) is 482 cm³/mol. The molecule has 4 N–H and O–H groups in total. The number of aromatic amines is 2. The molecular formula is C101H109N8O10P. The SMILES string of the molecule is CCCCCc1ccc(Oc2cc3c(cc2Oc2ccc(CCCCC)cc2)-c2nc-3nc3[nH]c(nc4nc(nc5[nH]c(n2)c2cc(Oc6ccc(CCCCC)cc6)c(Oc6ccc(CCCCC)cc6)cc52)-c2cc(OCCCP(=O)(O)O)ccc2-4)c2cc(Oc4ccc(CCCCC)cc4)c(Oc4ccc(CCCCC)cc4)cc32)cc1.